The van der Waals surface area contributed by atoms with Crippen molar-refractivity contribution in [1.29, 1.82) is 0 Å². The molecule has 1 heterocycles. The second kappa shape index (κ2) is 5.11. The third-order valence-electron chi connectivity index (χ3n) is 4.99. The summed E-state index contributed by atoms with van der Waals surface area (Å²) in [5.41, 5.74) is -0.198. The van der Waals surface area contributed by atoms with E-state index in [1.54, 1.807) is 6.07 Å². The zero-order valence-electron chi connectivity index (χ0n) is 13.1. The van der Waals surface area contributed by atoms with E-state index in [2.05, 4.69) is 10.5 Å². The molecule has 0 unspecified atom stereocenters. The number of fused-ring (bicyclic) bond motifs is 2. The molecule has 6 nitrogen and oxygen atoms in total. The summed E-state index contributed by atoms with van der Waals surface area (Å²) < 4.78 is 5.24. The maximum Gasteiger partial charge on any atom is 0.229 e. The van der Waals surface area contributed by atoms with E-state index in [-0.39, 0.29) is 23.2 Å². The number of anilines is 1. The third kappa shape index (κ3) is 2.51. The van der Waals surface area contributed by atoms with E-state index in [4.69, 9.17) is 4.52 Å². The Balaban J connectivity index is 1.74. The third-order valence-corrected chi connectivity index (χ3v) is 4.99. The predicted octanol–water partition coefficient (Wildman–Crippen LogP) is 1.32. The SMILES string of the molecule is CC(C)(C)c1cc(NC(=O)[C@@H]2[C@@H]3CC[C@@H](C3)[C@@H]2C(=O)[O-])no1. The van der Waals surface area contributed by atoms with Gasteiger partial charge >= 0.3 is 0 Å². The molecule has 3 rings (SSSR count). The lowest BCUT2D eigenvalue weighted by Crippen LogP contribution is -2.44. The minimum absolute atomic E-state index is 0.0770. The lowest BCUT2D eigenvalue weighted by Gasteiger charge is -2.30. The van der Waals surface area contributed by atoms with Crippen LogP contribution in [-0.2, 0) is 15.0 Å². The van der Waals surface area contributed by atoms with Crippen LogP contribution in [0.4, 0.5) is 5.82 Å². The van der Waals surface area contributed by atoms with Crippen molar-refractivity contribution >= 4 is 17.7 Å². The zero-order chi connectivity index (χ0) is 16.1. The topological polar surface area (TPSA) is 95.3 Å². The van der Waals surface area contributed by atoms with Crippen LogP contribution in [0, 0.1) is 23.7 Å². The zero-order valence-corrected chi connectivity index (χ0v) is 13.1. The lowest BCUT2D eigenvalue weighted by molar-refractivity contribution is -0.314. The molecule has 1 aromatic rings. The highest BCUT2D eigenvalue weighted by molar-refractivity contribution is 5.95. The van der Waals surface area contributed by atoms with E-state index < -0.39 is 17.8 Å². The fraction of sp³-hybridized carbons (Fsp3) is 0.688. The van der Waals surface area contributed by atoms with Crippen LogP contribution < -0.4 is 10.4 Å². The fourth-order valence-corrected chi connectivity index (χ4v) is 3.90. The van der Waals surface area contributed by atoms with Crippen molar-refractivity contribution in [2.45, 2.75) is 45.4 Å². The number of amides is 1. The molecule has 2 aliphatic rings. The first-order chi connectivity index (χ1) is 10.3. The summed E-state index contributed by atoms with van der Waals surface area (Å²) in [7, 11) is 0. The number of carbonyl (C=O) groups excluding carboxylic acids is 2. The Bertz CT molecular complexity index is 602. The Morgan fingerprint density at radius 1 is 1.27 bits per heavy atom. The Hall–Kier alpha value is -1.85. The van der Waals surface area contributed by atoms with Crippen LogP contribution in [0.3, 0.4) is 0 Å². The van der Waals surface area contributed by atoms with Gasteiger partial charge in [-0.2, -0.15) is 0 Å². The average molecular weight is 305 g/mol. The highest BCUT2D eigenvalue weighted by Gasteiger charge is 2.51. The molecule has 1 aromatic heterocycles. The smallest absolute Gasteiger partial charge is 0.229 e. The predicted molar refractivity (Wildman–Crippen MR) is 76.7 cm³/mol. The van der Waals surface area contributed by atoms with Gasteiger partial charge in [0.1, 0.15) is 5.76 Å². The van der Waals surface area contributed by atoms with Gasteiger partial charge in [0, 0.05) is 29.3 Å². The number of aliphatic carboxylic acids is 1. The monoisotopic (exact) mass is 305 g/mol. The second-order valence-corrected chi connectivity index (χ2v) is 7.52. The summed E-state index contributed by atoms with van der Waals surface area (Å²) in [6.45, 7) is 5.96. The molecule has 2 aliphatic carbocycles. The maximum atomic E-state index is 12.5. The summed E-state index contributed by atoms with van der Waals surface area (Å²) in [5, 5.41) is 17.9. The number of nitrogens with zero attached hydrogens (tertiary/aromatic N) is 1. The van der Waals surface area contributed by atoms with Crippen LogP contribution in [0.2, 0.25) is 0 Å². The summed E-state index contributed by atoms with van der Waals surface area (Å²) in [4.78, 5) is 23.9. The van der Waals surface area contributed by atoms with Crippen LogP contribution in [0.25, 0.3) is 0 Å². The first-order valence-corrected chi connectivity index (χ1v) is 7.76. The van der Waals surface area contributed by atoms with Crippen LogP contribution in [0.1, 0.15) is 45.8 Å². The van der Waals surface area contributed by atoms with Crippen LogP contribution >= 0.6 is 0 Å². The van der Waals surface area contributed by atoms with E-state index in [1.807, 2.05) is 20.8 Å². The van der Waals surface area contributed by atoms with Gasteiger partial charge in [-0.25, -0.2) is 0 Å². The number of nitrogens with one attached hydrogen (secondary N) is 1. The first kappa shape index (κ1) is 15.1. The van der Waals surface area contributed by atoms with Crippen LogP contribution in [0.5, 0.6) is 0 Å². The largest absolute Gasteiger partial charge is 0.550 e. The van der Waals surface area contributed by atoms with Gasteiger partial charge < -0.3 is 19.7 Å². The van der Waals surface area contributed by atoms with Gasteiger partial charge in [-0.1, -0.05) is 25.9 Å². The fourth-order valence-electron chi connectivity index (χ4n) is 3.90. The van der Waals surface area contributed by atoms with Crippen LogP contribution in [0.15, 0.2) is 10.6 Å². The molecule has 0 aliphatic heterocycles. The average Bonchev–Trinajstić information content (AvgIpc) is 3.11. The van der Waals surface area contributed by atoms with Crippen molar-refractivity contribution < 1.29 is 19.2 Å². The van der Waals surface area contributed by atoms with Gasteiger partial charge in [-0.05, 0) is 31.1 Å². The number of carboxylic acids is 1. The van der Waals surface area contributed by atoms with Gasteiger partial charge in [0.2, 0.25) is 5.91 Å². The summed E-state index contributed by atoms with van der Waals surface area (Å²) in [6.07, 6.45) is 2.60. The quantitative estimate of drug-likeness (QED) is 0.908. The highest BCUT2D eigenvalue weighted by atomic mass is 16.5. The minimum Gasteiger partial charge on any atom is -0.550 e. The van der Waals surface area contributed by atoms with Crippen molar-refractivity contribution in [2.75, 3.05) is 5.32 Å². The normalized spacial score (nSPS) is 30.5. The number of hydrogen-bond acceptors (Lipinski definition) is 5. The molecular weight excluding hydrogens is 284 g/mol. The molecule has 2 saturated carbocycles. The Morgan fingerprint density at radius 3 is 2.45 bits per heavy atom. The first-order valence-electron chi connectivity index (χ1n) is 7.76. The molecule has 6 heteroatoms. The van der Waals surface area contributed by atoms with Crippen molar-refractivity contribution in [1.82, 2.24) is 5.16 Å². The standard InChI is InChI=1S/C16H22N2O4/c1-16(2,3)10-7-11(18-22-10)17-14(19)12-8-4-5-9(6-8)13(12)15(20)21/h7-9,12-13H,4-6H2,1-3H3,(H,20,21)(H,17,18,19)/p-1/t8-,9+,12-,13+/m1/s1. The molecule has 0 aromatic carbocycles. The van der Waals surface area contributed by atoms with E-state index in [0.717, 1.165) is 19.3 Å². The lowest BCUT2D eigenvalue weighted by atomic mass is 9.79. The van der Waals surface area contributed by atoms with E-state index in [0.29, 0.717) is 11.6 Å². The number of hydrogen-bond donors (Lipinski definition) is 1. The van der Waals surface area contributed by atoms with Gasteiger partial charge in [0.05, 0.1) is 0 Å². The molecule has 0 radical (unpaired) electrons. The maximum absolute atomic E-state index is 12.5. The number of carbonyl (C=O) groups is 2. The molecule has 0 saturated heterocycles. The van der Waals surface area contributed by atoms with Crippen molar-refractivity contribution in [3.63, 3.8) is 0 Å². The van der Waals surface area contributed by atoms with E-state index >= 15 is 0 Å². The van der Waals surface area contributed by atoms with E-state index in [9.17, 15) is 14.7 Å². The molecular formula is C16H21N2O4-. The molecule has 1 amide bonds. The molecule has 2 bridgehead atoms. The number of rotatable bonds is 3. The molecule has 22 heavy (non-hydrogen) atoms. The van der Waals surface area contributed by atoms with Crippen molar-refractivity contribution in [3.05, 3.63) is 11.8 Å². The molecule has 120 valence electrons. The second-order valence-electron chi connectivity index (χ2n) is 7.52. The van der Waals surface area contributed by atoms with Crippen molar-refractivity contribution in [2.24, 2.45) is 23.7 Å². The Labute approximate surface area is 129 Å². The van der Waals surface area contributed by atoms with Crippen LogP contribution in [-0.4, -0.2) is 17.0 Å². The summed E-state index contributed by atoms with van der Waals surface area (Å²) >= 11 is 0. The van der Waals surface area contributed by atoms with Gasteiger partial charge in [-0.3, -0.25) is 4.79 Å². The molecule has 1 N–H and O–H groups in total. The minimum atomic E-state index is -1.11. The molecule has 0 spiro atoms. The van der Waals surface area contributed by atoms with Gasteiger partial charge in [0.15, 0.2) is 5.82 Å². The van der Waals surface area contributed by atoms with Gasteiger partial charge in [0.25, 0.3) is 0 Å². The van der Waals surface area contributed by atoms with E-state index in [1.165, 1.54) is 0 Å². The number of aromatic nitrogens is 1. The molecule has 4 atom stereocenters. The van der Waals surface area contributed by atoms with Gasteiger partial charge in [-0.15, -0.1) is 0 Å². The summed E-state index contributed by atoms with van der Waals surface area (Å²) in [5.74, 6) is -1.35. The highest BCUT2D eigenvalue weighted by Crippen LogP contribution is 2.52. The molecule has 2 fully saturated rings. The Morgan fingerprint density at radius 2 is 1.91 bits per heavy atom. The number of carboxylic acid groups (broad SMARTS) is 1. The van der Waals surface area contributed by atoms with Crippen molar-refractivity contribution in [3.8, 4) is 0 Å². The summed E-state index contributed by atoms with van der Waals surface area (Å²) in [6, 6.07) is 1.69. The Kier molecular flexibility index (Phi) is 3.50.